The fraction of sp³-hybridized carbons (Fsp3) is 0.350. The highest BCUT2D eigenvalue weighted by molar-refractivity contribution is 5.95. The molecule has 2 rings (SSSR count). The van der Waals surface area contributed by atoms with Crippen molar-refractivity contribution in [2.45, 2.75) is 26.7 Å². The van der Waals surface area contributed by atoms with Crippen LogP contribution in [-0.2, 0) is 4.74 Å². The van der Waals surface area contributed by atoms with Crippen LogP contribution in [0.3, 0.4) is 0 Å². The highest BCUT2D eigenvalue weighted by atomic mass is 16.5. The molecule has 1 heterocycles. The van der Waals surface area contributed by atoms with Crippen LogP contribution in [0.4, 0.5) is 11.4 Å². The Hall–Kier alpha value is -2.89. The second-order valence-electron chi connectivity index (χ2n) is 5.95. The molecule has 26 heavy (non-hydrogen) atoms. The molecule has 1 aromatic carbocycles. The number of nitrogens with zero attached hydrogens (tertiary/aromatic N) is 2. The van der Waals surface area contributed by atoms with Gasteiger partial charge in [0.15, 0.2) is 0 Å². The van der Waals surface area contributed by atoms with E-state index in [9.17, 15) is 9.59 Å². The molecule has 0 fully saturated rings. The molecule has 0 saturated heterocycles. The average Bonchev–Trinajstić information content (AvgIpc) is 2.67. The van der Waals surface area contributed by atoms with Gasteiger partial charge in [0.25, 0.3) is 5.91 Å². The molecule has 1 N–H and O–H groups in total. The topological polar surface area (TPSA) is 71.5 Å². The molecule has 0 bridgehead atoms. The van der Waals surface area contributed by atoms with E-state index in [2.05, 4.69) is 28.9 Å². The summed E-state index contributed by atoms with van der Waals surface area (Å²) in [5, 5.41) is 3.20. The van der Waals surface area contributed by atoms with Crippen LogP contribution < -0.4 is 5.32 Å². The van der Waals surface area contributed by atoms with E-state index in [0.717, 1.165) is 37.3 Å². The van der Waals surface area contributed by atoms with E-state index in [4.69, 9.17) is 0 Å². The SMILES string of the molecule is CCCN(CCC)C(=O)c1cncc(Nc2ccc(C(=O)OC)cc2)c1. The Bertz CT molecular complexity index is 738. The molecule has 0 aliphatic carbocycles. The summed E-state index contributed by atoms with van der Waals surface area (Å²) in [6.45, 7) is 5.59. The normalized spacial score (nSPS) is 10.3. The van der Waals surface area contributed by atoms with E-state index in [1.165, 1.54) is 7.11 Å². The summed E-state index contributed by atoms with van der Waals surface area (Å²) in [7, 11) is 1.35. The van der Waals surface area contributed by atoms with Gasteiger partial charge in [-0.25, -0.2) is 4.79 Å². The molecule has 0 aliphatic rings. The van der Waals surface area contributed by atoms with Crippen LogP contribution in [0.25, 0.3) is 0 Å². The first kappa shape index (κ1) is 19.4. The lowest BCUT2D eigenvalue weighted by Crippen LogP contribution is -2.32. The number of ether oxygens (including phenoxy) is 1. The minimum Gasteiger partial charge on any atom is -0.465 e. The van der Waals surface area contributed by atoms with Crippen molar-refractivity contribution in [3.05, 3.63) is 53.9 Å². The maximum absolute atomic E-state index is 12.7. The Morgan fingerprint density at radius 3 is 2.23 bits per heavy atom. The number of hydrogen-bond donors (Lipinski definition) is 1. The first-order valence-corrected chi connectivity index (χ1v) is 8.78. The number of amides is 1. The third-order valence-electron chi connectivity index (χ3n) is 3.85. The highest BCUT2D eigenvalue weighted by Crippen LogP contribution is 2.18. The first-order valence-electron chi connectivity index (χ1n) is 8.78. The molecule has 0 aliphatic heterocycles. The Morgan fingerprint density at radius 1 is 1.00 bits per heavy atom. The van der Waals surface area contributed by atoms with E-state index < -0.39 is 0 Å². The number of nitrogens with one attached hydrogen (secondary N) is 1. The van der Waals surface area contributed by atoms with E-state index in [-0.39, 0.29) is 11.9 Å². The number of methoxy groups -OCH3 is 1. The smallest absolute Gasteiger partial charge is 0.337 e. The van der Waals surface area contributed by atoms with E-state index in [1.807, 2.05) is 4.90 Å². The van der Waals surface area contributed by atoms with Crippen molar-refractivity contribution < 1.29 is 14.3 Å². The second kappa shape index (κ2) is 9.56. The molecule has 2 aromatic rings. The van der Waals surface area contributed by atoms with Crippen LogP contribution in [0, 0.1) is 0 Å². The van der Waals surface area contributed by atoms with Gasteiger partial charge in [0.2, 0.25) is 0 Å². The maximum Gasteiger partial charge on any atom is 0.337 e. The number of pyridine rings is 1. The lowest BCUT2D eigenvalue weighted by Gasteiger charge is -2.21. The van der Waals surface area contributed by atoms with Gasteiger partial charge in [-0.2, -0.15) is 0 Å². The molecule has 6 heteroatoms. The molecule has 0 atom stereocenters. The predicted octanol–water partition coefficient (Wildman–Crippen LogP) is 3.87. The standard InChI is InChI=1S/C20H25N3O3/c1-4-10-23(11-5-2)19(24)16-12-18(14-21-13-16)22-17-8-6-15(7-9-17)20(25)26-3/h6-9,12-14,22H,4-5,10-11H2,1-3H3. The van der Waals surface area contributed by atoms with Gasteiger partial charge in [-0.15, -0.1) is 0 Å². The zero-order valence-corrected chi connectivity index (χ0v) is 15.5. The summed E-state index contributed by atoms with van der Waals surface area (Å²) in [4.78, 5) is 30.2. The van der Waals surface area contributed by atoms with Crippen LogP contribution in [0.5, 0.6) is 0 Å². The van der Waals surface area contributed by atoms with Gasteiger partial charge < -0.3 is 15.0 Å². The number of rotatable bonds is 8. The van der Waals surface area contributed by atoms with Gasteiger partial charge >= 0.3 is 5.97 Å². The van der Waals surface area contributed by atoms with Crippen LogP contribution in [0.2, 0.25) is 0 Å². The minimum atomic E-state index is -0.377. The lowest BCUT2D eigenvalue weighted by molar-refractivity contribution is 0.0600. The van der Waals surface area contributed by atoms with Gasteiger partial charge in [0.1, 0.15) is 0 Å². The van der Waals surface area contributed by atoms with Gasteiger partial charge in [0, 0.05) is 25.0 Å². The van der Waals surface area contributed by atoms with Crippen molar-refractivity contribution in [1.82, 2.24) is 9.88 Å². The van der Waals surface area contributed by atoms with Crippen LogP contribution >= 0.6 is 0 Å². The molecule has 138 valence electrons. The zero-order valence-electron chi connectivity index (χ0n) is 15.5. The van der Waals surface area contributed by atoms with Crippen molar-refractivity contribution in [2.24, 2.45) is 0 Å². The Balaban J connectivity index is 2.13. The van der Waals surface area contributed by atoms with Gasteiger partial charge in [-0.1, -0.05) is 13.8 Å². The summed E-state index contributed by atoms with van der Waals surface area (Å²) in [5.74, 6) is -0.386. The average molecular weight is 355 g/mol. The van der Waals surface area contributed by atoms with E-state index in [0.29, 0.717) is 11.1 Å². The van der Waals surface area contributed by atoms with Gasteiger partial charge in [-0.3, -0.25) is 9.78 Å². The van der Waals surface area contributed by atoms with Crippen molar-refractivity contribution in [1.29, 1.82) is 0 Å². The second-order valence-corrected chi connectivity index (χ2v) is 5.95. The van der Waals surface area contributed by atoms with Crippen molar-refractivity contribution in [3.63, 3.8) is 0 Å². The van der Waals surface area contributed by atoms with E-state index in [1.54, 1.807) is 42.7 Å². The summed E-state index contributed by atoms with van der Waals surface area (Å²) in [6.07, 6.45) is 5.09. The molecule has 6 nitrogen and oxygen atoms in total. The third-order valence-corrected chi connectivity index (χ3v) is 3.85. The number of esters is 1. The first-order chi connectivity index (χ1) is 12.6. The number of carbonyl (C=O) groups is 2. The number of aromatic nitrogens is 1. The molecular formula is C20H25N3O3. The van der Waals surface area contributed by atoms with Crippen LogP contribution in [-0.4, -0.2) is 42.0 Å². The fourth-order valence-electron chi connectivity index (χ4n) is 2.64. The number of anilines is 2. The molecule has 0 radical (unpaired) electrons. The third kappa shape index (κ3) is 5.05. The maximum atomic E-state index is 12.7. The Kier molecular flexibility index (Phi) is 7.14. The number of benzene rings is 1. The van der Waals surface area contributed by atoms with Crippen molar-refractivity contribution >= 4 is 23.3 Å². The summed E-state index contributed by atoms with van der Waals surface area (Å²) < 4.78 is 4.69. The number of carbonyl (C=O) groups excluding carboxylic acids is 2. The van der Waals surface area contributed by atoms with Crippen molar-refractivity contribution in [3.8, 4) is 0 Å². The quantitative estimate of drug-likeness (QED) is 0.728. The monoisotopic (exact) mass is 355 g/mol. The van der Waals surface area contributed by atoms with Crippen molar-refractivity contribution in [2.75, 3.05) is 25.5 Å². The minimum absolute atomic E-state index is 0.00844. The lowest BCUT2D eigenvalue weighted by atomic mass is 10.2. The molecule has 1 amide bonds. The van der Waals surface area contributed by atoms with E-state index >= 15 is 0 Å². The van der Waals surface area contributed by atoms with Gasteiger partial charge in [0.05, 0.1) is 30.1 Å². The summed E-state index contributed by atoms with van der Waals surface area (Å²) >= 11 is 0. The van der Waals surface area contributed by atoms with Gasteiger partial charge in [-0.05, 0) is 43.2 Å². The molecule has 1 aromatic heterocycles. The molecule has 0 unspecified atom stereocenters. The predicted molar refractivity (Wildman–Crippen MR) is 102 cm³/mol. The Labute approximate surface area is 154 Å². The largest absolute Gasteiger partial charge is 0.465 e. The number of hydrogen-bond acceptors (Lipinski definition) is 5. The Morgan fingerprint density at radius 2 is 1.65 bits per heavy atom. The summed E-state index contributed by atoms with van der Waals surface area (Å²) in [5.41, 5.74) is 2.55. The molecule has 0 saturated carbocycles. The highest BCUT2D eigenvalue weighted by Gasteiger charge is 2.15. The van der Waals surface area contributed by atoms with Crippen LogP contribution in [0.1, 0.15) is 47.4 Å². The zero-order chi connectivity index (χ0) is 18.9. The molecular weight excluding hydrogens is 330 g/mol. The fourth-order valence-corrected chi connectivity index (χ4v) is 2.64. The van der Waals surface area contributed by atoms with Crippen LogP contribution in [0.15, 0.2) is 42.7 Å². The summed E-state index contributed by atoms with van der Waals surface area (Å²) in [6, 6.07) is 8.71. The molecule has 0 spiro atoms.